The number of pyridine rings is 1. The number of aromatic nitrogens is 1. The molecule has 150 valence electrons. The van der Waals surface area contributed by atoms with Crippen molar-refractivity contribution in [2.24, 2.45) is 10.7 Å². The largest absolute Gasteiger partial charge is 0.385 e. The van der Waals surface area contributed by atoms with Crippen molar-refractivity contribution in [1.29, 1.82) is 0 Å². The van der Waals surface area contributed by atoms with Crippen molar-refractivity contribution in [2.75, 3.05) is 11.9 Å². The fourth-order valence-electron chi connectivity index (χ4n) is 3.23. The second kappa shape index (κ2) is 6.77. The lowest BCUT2D eigenvalue weighted by Gasteiger charge is -2.42. The van der Waals surface area contributed by atoms with E-state index < -0.39 is 22.9 Å². The van der Waals surface area contributed by atoms with Crippen molar-refractivity contribution in [3.63, 3.8) is 0 Å². The van der Waals surface area contributed by atoms with Gasteiger partial charge in [0.15, 0.2) is 5.54 Å². The Bertz CT molecular complexity index is 912. The number of nitrogens with zero attached hydrogens (tertiary/aromatic N) is 2. The molecule has 5 nitrogen and oxygen atoms in total. The number of aliphatic imine (C=N–C) groups is 1. The zero-order valence-electron chi connectivity index (χ0n) is 16.2. The maximum absolute atomic E-state index is 15.4. The average Bonchev–Trinajstić information content (AvgIpc) is 2.68. The number of hydrogen-bond acceptors (Lipinski definition) is 5. The van der Waals surface area contributed by atoms with Gasteiger partial charge < -0.3 is 15.8 Å². The van der Waals surface area contributed by atoms with Gasteiger partial charge in [-0.3, -0.25) is 9.98 Å². The quantitative estimate of drug-likeness (QED) is 0.817. The van der Waals surface area contributed by atoms with Crippen molar-refractivity contribution >= 4 is 17.2 Å². The highest BCUT2D eigenvalue weighted by Crippen LogP contribution is 2.50. The summed E-state index contributed by atoms with van der Waals surface area (Å²) in [6, 6.07) is 7.51. The summed E-state index contributed by atoms with van der Waals surface area (Å²) in [5.41, 5.74) is 3.25. The molecule has 28 heavy (non-hydrogen) atoms. The van der Waals surface area contributed by atoms with Crippen molar-refractivity contribution in [2.45, 2.75) is 44.8 Å². The zero-order valence-corrected chi connectivity index (χ0v) is 16.2. The summed E-state index contributed by atoms with van der Waals surface area (Å²) in [4.78, 5) is 8.16. The lowest BCUT2D eigenvalue weighted by Crippen LogP contribution is -2.56. The van der Waals surface area contributed by atoms with E-state index in [1.165, 1.54) is 32.9 Å². The van der Waals surface area contributed by atoms with Gasteiger partial charge in [0.25, 0.3) is 0 Å². The summed E-state index contributed by atoms with van der Waals surface area (Å²) < 4.78 is 50.9. The van der Waals surface area contributed by atoms with Gasteiger partial charge in [-0.2, -0.15) is 0 Å². The van der Waals surface area contributed by atoms with E-state index in [0.717, 1.165) is 11.8 Å². The van der Waals surface area contributed by atoms with Crippen LogP contribution in [0.3, 0.4) is 0 Å². The number of alkyl halides is 2. The van der Waals surface area contributed by atoms with Crippen LogP contribution >= 0.6 is 0 Å². The molecule has 1 aliphatic rings. The highest BCUT2D eigenvalue weighted by atomic mass is 19.3. The Morgan fingerprint density at radius 1 is 1.11 bits per heavy atom. The zero-order chi connectivity index (χ0) is 20.7. The molecular formula is C20H23F3N4O. The molecule has 0 unspecified atom stereocenters. The molecule has 3 rings (SSSR count). The Kier molecular flexibility index (Phi) is 4.87. The minimum absolute atomic E-state index is 0.117. The molecular weight excluding hydrogens is 369 g/mol. The first-order chi connectivity index (χ1) is 13.0. The van der Waals surface area contributed by atoms with Gasteiger partial charge in [-0.05, 0) is 58.0 Å². The number of nitrogens with two attached hydrogens (primary N) is 1. The van der Waals surface area contributed by atoms with Crippen LogP contribution < -0.4 is 11.1 Å². The lowest BCUT2D eigenvalue weighted by atomic mass is 9.78. The first-order valence-corrected chi connectivity index (χ1v) is 8.82. The van der Waals surface area contributed by atoms with Crippen LogP contribution in [0.25, 0.3) is 0 Å². The van der Waals surface area contributed by atoms with Crippen LogP contribution in [-0.4, -0.2) is 29.0 Å². The molecule has 3 N–H and O–H groups in total. The molecule has 1 aromatic carbocycles. The third kappa shape index (κ3) is 3.32. The first-order valence-electron chi connectivity index (χ1n) is 8.82. The maximum Gasteiger partial charge on any atom is 0.304 e. The average molecular weight is 392 g/mol. The smallest absolute Gasteiger partial charge is 0.304 e. The molecule has 0 fully saturated rings. The summed E-state index contributed by atoms with van der Waals surface area (Å²) in [5.74, 6) is -4.45. The van der Waals surface area contributed by atoms with Gasteiger partial charge in [-0.25, -0.2) is 13.2 Å². The third-order valence-electron chi connectivity index (χ3n) is 5.01. The predicted octanol–water partition coefficient (Wildman–Crippen LogP) is 4.29. The topological polar surface area (TPSA) is 72.5 Å². The Morgan fingerprint density at radius 3 is 2.43 bits per heavy atom. The molecule has 2 aromatic rings. The van der Waals surface area contributed by atoms with Gasteiger partial charge in [0, 0.05) is 16.9 Å². The van der Waals surface area contributed by atoms with E-state index in [-0.39, 0.29) is 18.0 Å². The molecule has 0 saturated carbocycles. The molecule has 2 heterocycles. The van der Waals surface area contributed by atoms with Crippen LogP contribution in [0.1, 0.15) is 32.0 Å². The van der Waals surface area contributed by atoms with E-state index in [2.05, 4.69) is 15.3 Å². The maximum atomic E-state index is 15.4. The number of nitrogens with one attached hydrogen (secondary N) is 1. The molecule has 0 aliphatic carbocycles. The van der Waals surface area contributed by atoms with Gasteiger partial charge in [-0.15, -0.1) is 0 Å². The van der Waals surface area contributed by atoms with E-state index in [0.29, 0.717) is 11.4 Å². The summed E-state index contributed by atoms with van der Waals surface area (Å²) in [5, 5.41) is 3.04. The minimum atomic E-state index is -3.54. The highest BCUT2D eigenvalue weighted by Gasteiger charge is 2.63. The van der Waals surface area contributed by atoms with E-state index in [1.807, 2.05) is 6.92 Å². The number of ether oxygens (including phenoxy) is 1. The first kappa shape index (κ1) is 20.1. The molecule has 1 aliphatic heterocycles. The van der Waals surface area contributed by atoms with Gasteiger partial charge in [0.1, 0.15) is 23.9 Å². The standard InChI is InChI=1S/C20H23F3N4O/c1-12-5-6-14(10-25-12)26-13-7-8-16(21)15(9-13)19(4)20(22,23)18(2,3)28-11-17(24)27-19/h5-10,26H,11H2,1-4H3,(H2,24,27)/t19-/m1/s1. The highest BCUT2D eigenvalue weighted by molar-refractivity contribution is 5.82. The van der Waals surface area contributed by atoms with Crippen molar-refractivity contribution in [1.82, 2.24) is 4.98 Å². The number of halogens is 3. The lowest BCUT2D eigenvalue weighted by molar-refractivity contribution is -0.214. The second-order valence-electron chi connectivity index (χ2n) is 7.56. The molecule has 0 bridgehead atoms. The van der Waals surface area contributed by atoms with Crippen LogP contribution in [0.5, 0.6) is 0 Å². The fourth-order valence-corrected chi connectivity index (χ4v) is 3.23. The minimum Gasteiger partial charge on any atom is -0.385 e. The molecule has 8 heteroatoms. The Hall–Kier alpha value is -2.61. The number of hydrogen-bond donors (Lipinski definition) is 2. The fraction of sp³-hybridized carbons (Fsp3) is 0.400. The molecule has 0 saturated heterocycles. The number of benzene rings is 1. The number of aryl methyl sites for hydroxylation is 1. The van der Waals surface area contributed by atoms with Crippen LogP contribution in [0.2, 0.25) is 0 Å². The van der Waals surface area contributed by atoms with Crippen molar-refractivity contribution < 1.29 is 17.9 Å². The molecule has 0 amide bonds. The van der Waals surface area contributed by atoms with Gasteiger partial charge in [0.05, 0.1) is 11.9 Å². The number of amidine groups is 1. The number of anilines is 2. The summed E-state index contributed by atoms with van der Waals surface area (Å²) in [7, 11) is 0. The van der Waals surface area contributed by atoms with E-state index in [9.17, 15) is 4.39 Å². The summed E-state index contributed by atoms with van der Waals surface area (Å²) >= 11 is 0. The Morgan fingerprint density at radius 2 is 1.79 bits per heavy atom. The monoisotopic (exact) mass is 392 g/mol. The van der Waals surface area contributed by atoms with Crippen molar-refractivity contribution in [3.8, 4) is 0 Å². The van der Waals surface area contributed by atoms with E-state index in [1.54, 1.807) is 18.3 Å². The molecule has 1 atom stereocenters. The van der Waals surface area contributed by atoms with Crippen LogP contribution in [-0.2, 0) is 10.3 Å². The molecule has 0 spiro atoms. The van der Waals surface area contributed by atoms with E-state index >= 15 is 8.78 Å². The summed E-state index contributed by atoms with van der Waals surface area (Å²) in [6.07, 6.45) is 1.60. The Balaban J connectivity index is 2.10. The van der Waals surface area contributed by atoms with Crippen LogP contribution in [0.15, 0.2) is 41.5 Å². The van der Waals surface area contributed by atoms with Gasteiger partial charge in [-0.1, -0.05) is 0 Å². The molecule has 0 radical (unpaired) electrons. The second-order valence-corrected chi connectivity index (χ2v) is 7.56. The summed E-state index contributed by atoms with van der Waals surface area (Å²) in [6.45, 7) is 5.26. The normalized spacial score (nSPS) is 23.6. The van der Waals surface area contributed by atoms with Crippen LogP contribution in [0, 0.1) is 12.7 Å². The van der Waals surface area contributed by atoms with Crippen molar-refractivity contribution in [3.05, 3.63) is 53.6 Å². The van der Waals surface area contributed by atoms with E-state index in [4.69, 9.17) is 10.5 Å². The predicted molar refractivity (Wildman–Crippen MR) is 103 cm³/mol. The third-order valence-corrected chi connectivity index (χ3v) is 5.01. The van der Waals surface area contributed by atoms with Crippen LogP contribution in [0.4, 0.5) is 24.5 Å². The Labute approximate surface area is 161 Å². The SMILES string of the molecule is Cc1ccc(Nc2ccc(F)c([C@@]3(C)N=C(N)COC(C)(C)C3(F)F)c2)cn1. The van der Waals surface area contributed by atoms with Gasteiger partial charge >= 0.3 is 5.92 Å². The number of rotatable bonds is 3. The van der Waals surface area contributed by atoms with Gasteiger partial charge in [0.2, 0.25) is 0 Å². The molecule has 1 aromatic heterocycles.